The third-order valence-electron chi connectivity index (χ3n) is 2.62. The summed E-state index contributed by atoms with van der Waals surface area (Å²) >= 11 is 7.55. The molecule has 0 aliphatic carbocycles. The molecule has 2 rings (SSSR count). The summed E-state index contributed by atoms with van der Waals surface area (Å²) in [6, 6.07) is 7.81. The summed E-state index contributed by atoms with van der Waals surface area (Å²) in [5, 5.41) is 11.3. The van der Waals surface area contributed by atoms with Crippen molar-refractivity contribution < 1.29 is 0 Å². The molecule has 1 aromatic carbocycles. The molecule has 18 heavy (non-hydrogen) atoms. The van der Waals surface area contributed by atoms with Crippen molar-refractivity contribution >= 4 is 28.6 Å². The lowest BCUT2D eigenvalue weighted by atomic mass is 10.2. The van der Waals surface area contributed by atoms with Gasteiger partial charge in [-0.05, 0) is 24.3 Å². The molecule has 0 spiro atoms. The third-order valence-corrected chi connectivity index (χ3v) is 4.08. The molecule has 2 aromatic rings. The Bertz CT molecular complexity index is 507. The lowest BCUT2D eigenvalue weighted by molar-refractivity contribution is 0.810. The van der Waals surface area contributed by atoms with Crippen LogP contribution in [0.25, 0.3) is 0 Å². The Morgan fingerprint density at radius 3 is 2.44 bits per heavy atom. The van der Waals surface area contributed by atoms with Crippen molar-refractivity contribution in [2.45, 2.75) is 26.3 Å². The molecule has 5 heteroatoms. The predicted octanol–water partition coefficient (Wildman–Crippen LogP) is 3.95. The molecule has 0 atom stereocenters. The van der Waals surface area contributed by atoms with Crippen LogP contribution in [0.5, 0.6) is 0 Å². The highest BCUT2D eigenvalue weighted by atomic mass is 35.5. The van der Waals surface area contributed by atoms with E-state index >= 15 is 0 Å². The fraction of sp³-hybridized carbons (Fsp3) is 0.385. The molecule has 0 N–H and O–H groups in total. The average Bonchev–Trinajstić information content (AvgIpc) is 2.78. The summed E-state index contributed by atoms with van der Waals surface area (Å²) in [7, 11) is 2.04. The molecule has 96 valence electrons. The summed E-state index contributed by atoms with van der Waals surface area (Å²) in [6.45, 7) is 5.03. The molecule has 0 aliphatic rings. The molecule has 0 bridgehead atoms. The van der Waals surface area contributed by atoms with E-state index in [9.17, 15) is 0 Å². The van der Waals surface area contributed by atoms with Crippen LogP contribution in [-0.2, 0) is 6.54 Å². The van der Waals surface area contributed by atoms with Gasteiger partial charge in [0.2, 0.25) is 0 Å². The first-order valence-electron chi connectivity index (χ1n) is 5.85. The second-order valence-electron chi connectivity index (χ2n) is 4.52. The summed E-state index contributed by atoms with van der Waals surface area (Å²) < 4.78 is 0. The Balaban J connectivity index is 2.06. The van der Waals surface area contributed by atoms with Crippen LogP contribution in [0.3, 0.4) is 0 Å². The highest BCUT2D eigenvalue weighted by molar-refractivity contribution is 7.11. The van der Waals surface area contributed by atoms with E-state index in [1.165, 1.54) is 0 Å². The standard InChI is InChI=1S/C13H16ClN3S/c1-9(2)13-16-15-12(18-13)8-17(3)11-6-4-10(14)5-7-11/h4-7,9H,8H2,1-3H3. The second-order valence-corrected chi connectivity index (χ2v) is 6.05. The van der Waals surface area contributed by atoms with Crippen LogP contribution in [-0.4, -0.2) is 17.2 Å². The summed E-state index contributed by atoms with van der Waals surface area (Å²) in [5.74, 6) is 0.442. The molecule has 0 aliphatic heterocycles. The maximum absolute atomic E-state index is 5.88. The van der Waals surface area contributed by atoms with Crippen LogP contribution >= 0.6 is 22.9 Å². The van der Waals surface area contributed by atoms with Gasteiger partial charge in [-0.1, -0.05) is 36.8 Å². The number of anilines is 1. The van der Waals surface area contributed by atoms with E-state index < -0.39 is 0 Å². The molecule has 0 saturated carbocycles. The van der Waals surface area contributed by atoms with E-state index in [2.05, 4.69) is 28.9 Å². The molecule has 0 unspecified atom stereocenters. The first-order valence-corrected chi connectivity index (χ1v) is 7.04. The number of hydrogen-bond donors (Lipinski definition) is 0. The highest BCUT2D eigenvalue weighted by Crippen LogP contribution is 2.22. The highest BCUT2D eigenvalue weighted by Gasteiger charge is 2.10. The fourth-order valence-electron chi connectivity index (χ4n) is 1.55. The number of aromatic nitrogens is 2. The molecule has 0 amide bonds. The van der Waals surface area contributed by atoms with Gasteiger partial charge in [0.05, 0.1) is 6.54 Å². The summed E-state index contributed by atoms with van der Waals surface area (Å²) in [6.07, 6.45) is 0. The van der Waals surface area contributed by atoms with Gasteiger partial charge in [0.25, 0.3) is 0 Å². The van der Waals surface area contributed by atoms with Gasteiger partial charge in [0.1, 0.15) is 10.0 Å². The van der Waals surface area contributed by atoms with Crippen molar-refractivity contribution in [1.29, 1.82) is 0 Å². The van der Waals surface area contributed by atoms with E-state index in [0.29, 0.717) is 5.92 Å². The van der Waals surface area contributed by atoms with Crippen LogP contribution in [0.1, 0.15) is 29.8 Å². The molecular weight excluding hydrogens is 266 g/mol. The lowest BCUT2D eigenvalue weighted by Crippen LogP contribution is -2.15. The molecule has 1 aromatic heterocycles. The van der Waals surface area contributed by atoms with Crippen molar-refractivity contribution in [2.75, 3.05) is 11.9 Å². The van der Waals surface area contributed by atoms with Crippen molar-refractivity contribution in [3.8, 4) is 0 Å². The Hall–Kier alpha value is -1.13. The van der Waals surface area contributed by atoms with Gasteiger partial charge >= 0.3 is 0 Å². The van der Waals surface area contributed by atoms with Crippen LogP contribution in [0.4, 0.5) is 5.69 Å². The summed E-state index contributed by atoms with van der Waals surface area (Å²) in [4.78, 5) is 2.14. The molecular formula is C13H16ClN3S. The lowest BCUT2D eigenvalue weighted by Gasteiger charge is -2.17. The maximum Gasteiger partial charge on any atom is 0.136 e. The van der Waals surface area contributed by atoms with Crippen molar-refractivity contribution in [2.24, 2.45) is 0 Å². The Morgan fingerprint density at radius 2 is 1.89 bits per heavy atom. The smallest absolute Gasteiger partial charge is 0.136 e. The normalized spacial score (nSPS) is 10.9. The number of benzene rings is 1. The van der Waals surface area contributed by atoms with E-state index in [4.69, 9.17) is 11.6 Å². The Kier molecular flexibility index (Phi) is 4.19. The topological polar surface area (TPSA) is 29.0 Å². The third kappa shape index (κ3) is 3.21. The molecule has 0 saturated heterocycles. The van der Waals surface area contributed by atoms with Crippen molar-refractivity contribution in [3.05, 3.63) is 39.3 Å². The minimum atomic E-state index is 0.442. The quantitative estimate of drug-likeness (QED) is 0.850. The van der Waals surface area contributed by atoms with Gasteiger partial charge in [-0.25, -0.2) is 0 Å². The predicted molar refractivity (Wildman–Crippen MR) is 77.6 cm³/mol. The number of halogens is 1. The van der Waals surface area contributed by atoms with E-state index in [0.717, 1.165) is 27.3 Å². The van der Waals surface area contributed by atoms with E-state index in [-0.39, 0.29) is 0 Å². The zero-order valence-corrected chi connectivity index (χ0v) is 12.3. The van der Waals surface area contributed by atoms with Gasteiger partial charge in [-0.3, -0.25) is 0 Å². The summed E-state index contributed by atoms with van der Waals surface area (Å²) in [5.41, 5.74) is 1.13. The van der Waals surface area contributed by atoms with Crippen LogP contribution in [0.2, 0.25) is 5.02 Å². The van der Waals surface area contributed by atoms with Crippen LogP contribution < -0.4 is 4.90 Å². The Labute approximate surface area is 116 Å². The van der Waals surface area contributed by atoms with Crippen molar-refractivity contribution in [1.82, 2.24) is 10.2 Å². The SMILES string of the molecule is CC(C)c1nnc(CN(C)c2ccc(Cl)cc2)s1. The fourth-order valence-corrected chi connectivity index (χ4v) is 2.58. The zero-order chi connectivity index (χ0) is 13.1. The first-order chi connectivity index (χ1) is 8.56. The second kappa shape index (κ2) is 5.67. The van der Waals surface area contributed by atoms with Gasteiger partial charge in [-0.2, -0.15) is 0 Å². The van der Waals surface area contributed by atoms with Gasteiger partial charge in [-0.15, -0.1) is 10.2 Å². The van der Waals surface area contributed by atoms with Gasteiger partial charge < -0.3 is 4.90 Å². The first kappa shape index (κ1) is 13.3. The van der Waals surface area contributed by atoms with E-state index in [1.807, 2.05) is 31.3 Å². The average molecular weight is 282 g/mol. The van der Waals surface area contributed by atoms with Gasteiger partial charge in [0.15, 0.2) is 0 Å². The molecule has 0 radical (unpaired) electrons. The molecule has 0 fully saturated rings. The Morgan fingerprint density at radius 1 is 1.22 bits per heavy atom. The maximum atomic E-state index is 5.88. The largest absolute Gasteiger partial charge is 0.368 e. The number of nitrogens with zero attached hydrogens (tertiary/aromatic N) is 3. The molecule has 1 heterocycles. The van der Waals surface area contributed by atoms with Crippen molar-refractivity contribution in [3.63, 3.8) is 0 Å². The minimum Gasteiger partial charge on any atom is -0.368 e. The number of hydrogen-bond acceptors (Lipinski definition) is 4. The molecule has 3 nitrogen and oxygen atoms in total. The van der Waals surface area contributed by atoms with Crippen LogP contribution in [0.15, 0.2) is 24.3 Å². The minimum absolute atomic E-state index is 0.442. The van der Waals surface area contributed by atoms with E-state index in [1.54, 1.807) is 11.3 Å². The van der Waals surface area contributed by atoms with Gasteiger partial charge in [0, 0.05) is 23.7 Å². The number of rotatable bonds is 4. The monoisotopic (exact) mass is 281 g/mol. The van der Waals surface area contributed by atoms with Crippen LogP contribution in [0, 0.1) is 0 Å². The zero-order valence-electron chi connectivity index (χ0n) is 10.7.